The Morgan fingerprint density at radius 2 is 1.18 bits per heavy atom. The minimum atomic E-state index is -4.79. The number of nitrogens with one attached hydrogen (secondary N) is 6. The molecular weight excluding hydrogens is 730 g/mol. The molecule has 17 nitrogen and oxygen atoms in total. The summed E-state index contributed by atoms with van der Waals surface area (Å²) in [6.07, 6.45) is -1.51. The van der Waals surface area contributed by atoms with Gasteiger partial charge in [-0.05, 0) is 52.0 Å². The van der Waals surface area contributed by atoms with Crippen LogP contribution in [0.5, 0.6) is 0 Å². The van der Waals surface area contributed by atoms with Gasteiger partial charge in [-0.2, -0.15) is 8.78 Å². The standard InChI is InChI=1S/C36H54F2N6O11/c1-18(2)25(31(50)43-26(19(3)4)32(51)54-10)44-33(52)36(37,38)27(46)23(16-22-14-12-11-13-15-22)41-29(48)21(6)39-28(47)20(5)40-30(49)24(17-45)42-34(53)55-35(7,8)9/h11-15,18-21,23-26,45H,16-17H2,1-10H3,(H,39,47)(H,40,49)(H,41,48)(H,42,53)(H,43,50)(H,44,52)/t20-,21-,23?,24-,25-,26-/m0/s1. The zero-order chi connectivity index (χ0) is 42.4. The molecule has 0 heterocycles. The second-order valence-electron chi connectivity index (χ2n) is 14.5. The third kappa shape index (κ3) is 15.2. The minimum absolute atomic E-state index is 0.325. The van der Waals surface area contributed by atoms with Crippen LogP contribution in [0.1, 0.15) is 67.9 Å². The number of aliphatic hydroxyl groups excluding tert-OH is 1. The third-order valence-corrected chi connectivity index (χ3v) is 7.86. The van der Waals surface area contributed by atoms with E-state index >= 15 is 8.78 Å². The van der Waals surface area contributed by atoms with Crippen LogP contribution in [-0.4, -0.2) is 114 Å². The number of aliphatic hydroxyl groups is 1. The van der Waals surface area contributed by atoms with Gasteiger partial charge in [-0.3, -0.25) is 28.8 Å². The number of halogens is 2. The fourth-order valence-electron chi connectivity index (χ4n) is 4.75. The quantitative estimate of drug-likeness (QED) is 0.0741. The summed E-state index contributed by atoms with van der Waals surface area (Å²) in [5.41, 5.74) is -0.580. The van der Waals surface area contributed by atoms with E-state index in [1.165, 1.54) is 39.8 Å². The largest absolute Gasteiger partial charge is 0.467 e. The summed E-state index contributed by atoms with van der Waals surface area (Å²) in [5, 5.41) is 22.7. The minimum Gasteiger partial charge on any atom is -0.467 e. The van der Waals surface area contributed by atoms with Gasteiger partial charge in [0.25, 0.3) is 5.91 Å². The summed E-state index contributed by atoms with van der Waals surface area (Å²) in [5.74, 6) is -15.0. The first-order chi connectivity index (χ1) is 25.4. The first-order valence-corrected chi connectivity index (χ1v) is 17.5. The lowest BCUT2D eigenvalue weighted by Gasteiger charge is -2.28. The molecule has 1 rings (SSSR count). The average molecular weight is 785 g/mol. The van der Waals surface area contributed by atoms with Crippen LogP contribution in [0, 0.1) is 11.8 Å². The van der Waals surface area contributed by atoms with E-state index in [4.69, 9.17) is 4.74 Å². The van der Waals surface area contributed by atoms with Gasteiger partial charge in [-0.15, -0.1) is 0 Å². The fraction of sp³-hybridized carbons (Fsp3) is 0.611. The van der Waals surface area contributed by atoms with Crippen LogP contribution < -0.4 is 31.9 Å². The lowest BCUT2D eigenvalue weighted by Crippen LogP contribution is -2.61. The Bertz CT molecular complexity index is 1540. The molecule has 0 aliphatic heterocycles. The number of amides is 6. The van der Waals surface area contributed by atoms with Crippen LogP contribution in [0.4, 0.5) is 13.6 Å². The van der Waals surface area contributed by atoms with Crippen molar-refractivity contribution in [3.8, 4) is 0 Å². The highest BCUT2D eigenvalue weighted by Gasteiger charge is 2.52. The highest BCUT2D eigenvalue weighted by molar-refractivity contribution is 6.11. The molecule has 0 aromatic heterocycles. The number of alkyl carbamates (subject to hydrolysis) is 1. The number of carbonyl (C=O) groups excluding carboxylic acids is 8. The number of hydrogen-bond donors (Lipinski definition) is 7. The van der Waals surface area contributed by atoms with Gasteiger partial charge < -0.3 is 46.5 Å². The van der Waals surface area contributed by atoms with Crippen molar-refractivity contribution in [1.29, 1.82) is 0 Å². The Balaban J connectivity index is 3.16. The van der Waals surface area contributed by atoms with Crippen molar-refractivity contribution in [3.05, 3.63) is 35.9 Å². The van der Waals surface area contributed by atoms with Crippen LogP contribution in [0.3, 0.4) is 0 Å². The lowest BCUT2D eigenvalue weighted by molar-refractivity contribution is -0.161. The molecule has 7 N–H and O–H groups in total. The Labute approximate surface area is 318 Å². The number of hydrogen-bond acceptors (Lipinski definition) is 11. The molecule has 0 bridgehead atoms. The normalized spacial score (nSPS) is 14.9. The molecule has 0 radical (unpaired) electrons. The maximum absolute atomic E-state index is 15.7. The lowest BCUT2D eigenvalue weighted by atomic mass is 9.96. The van der Waals surface area contributed by atoms with Crippen molar-refractivity contribution in [1.82, 2.24) is 31.9 Å². The van der Waals surface area contributed by atoms with Crippen molar-refractivity contribution >= 4 is 47.4 Å². The molecule has 0 aliphatic rings. The van der Waals surface area contributed by atoms with Crippen molar-refractivity contribution in [3.63, 3.8) is 0 Å². The number of alkyl halides is 2. The van der Waals surface area contributed by atoms with Crippen LogP contribution >= 0.6 is 0 Å². The molecule has 6 amide bonds. The van der Waals surface area contributed by atoms with E-state index in [0.29, 0.717) is 5.56 Å². The van der Waals surface area contributed by atoms with E-state index < -0.39 is 120 Å². The van der Waals surface area contributed by atoms with Gasteiger partial charge in [-0.25, -0.2) is 9.59 Å². The number of esters is 1. The van der Waals surface area contributed by atoms with Gasteiger partial charge in [0.1, 0.15) is 35.8 Å². The van der Waals surface area contributed by atoms with E-state index in [1.807, 2.05) is 5.32 Å². The molecule has 0 saturated heterocycles. The van der Waals surface area contributed by atoms with E-state index in [1.54, 1.807) is 52.8 Å². The Hall–Kier alpha value is -5.20. The van der Waals surface area contributed by atoms with Crippen molar-refractivity contribution in [2.75, 3.05) is 13.7 Å². The highest BCUT2D eigenvalue weighted by Crippen LogP contribution is 2.21. The molecule has 0 spiro atoms. The number of methoxy groups -OCH3 is 1. The van der Waals surface area contributed by atoms with E-state index in [-0.39, 0.29) is 0 Å². The molecule has 0 saturated carbocycles. The maximum Gasteiger partial charge on any atom is 0.408 e. The summed E-state index contributed by atoms with van der Waals surface area (Å²) >= 11 is 0. The summed E-state index contributed by atoms with van der Waals surface area (Å²) in [7, 11) is 1.10. The number of ether oxygens (including phenoxy) is 2. The maximum atomic E-state index is 15.7. The number of ketones is 1. The summed E-state index contributed by atoms with van der Waals surface area (Å²) in [4.78, 5) is 102. The molecule has 1 unspecified atom stereocenters. The summed E-state index contributed by atoms with van der Waals surface area (Å²) in [6, 6.07) is -1.42. The second kappa shape index (κ2) is 21.0. The van der Waals surface area contributed by atoms with Gasteiger partial charge in [0.15, 0.2) is 0 Å². The number of carbonyl (C=O) groups is 8. The third-order valence-electron chi connectivity index (χ3n) is 7.86. The van der Waals surface area contributed by atoms with Crippen molar-refractivity contribution in [2.45, 2.75) is 117 Å². The number of rotatable bonds is 19. The van der Waals surface area contributed by atoms with Crippen LogP contribution in [0.2, 0.25) is 0 Å². The van der Waals surface area contributed by atoms with Gasteiger partial charge in [0, 0.05) is 6.42 Å². The molecule has 0 aliphatic carbocycles. The van der Waals surface area contributed by atoms with E-state index in [2.05, 4.69) is 31.3 Å². The van der Waals surface area contributed by atoms with Crippen LogP contribution in [0.15, 0.2) is 30.3 Å². The zero-order valence-electron chi connectivity index (χ0n) is 32.7. The number of benzene rings is 1. The smallest absolute Gasteiger partial charge is 0.408 e. The molecule has 19 heteroatoms. The predicted molar refractivity (Wildman–Crippen MR) is 193 cm³/mol. The summed E-state index contributed by atoms with van der Waals surface area (Å²) < 4.78 is 41.1. The molecule has 55 heavy (non-hydrogen) atoms. The van der Waals surface area contributed by atoms with E-state index in [0.717, 1.165) is 7.11 Å². The average Bonchev–Trinajstić information content (AvgIpc) is 3.09. The van der Waals surface area contributed by atoms with E-state index in [9.17, 15) is 43.5 Å². The predicted octanol–water partition coefficient (Wildman–Crippen LogP) is 0.268. The van der Waals surface area contributed by atoms with Crippen LogP contribution in [-0.2, 0) is 49.5 Å². The fourth-order valence-corrected chi connectivity index (χ4v) is 4.75. The Kier molecular flexibility index (Phi) is 18.3. The van der Waals surface area contributed by atoms with Gasteiger partial charge in [0.05, 0.1) is 19.8 Å². The van der Waals surface area contributed by atoms with Crippen molar-refractivity contribution in [2.24, 2.45) is 11.8 Å². The van der Waals surface area contributed by atoms with Gasteiger partial charge >= 0.3 is 18.0 Å². The molecule has 0 fully saturated rings. The number of Topliss-reactive ketones (excluding diaryl/α,β-unsaturated/α-hetero) is 1. The van der Waals surface area contributed by atoms with Gasteiger partial charge in [0.2, 0.25) is 29.4 Å². The first kappa shape index (κ1) is 47.8. The summed E-state index contributed by atoms with van der Waals surface area (Å²) in [6.45, 7) is 12.4. The molecule has 6 atom stereocenters. The zero-order valence-corrected chi connectivity index (χ0v) is 32.7. The molecular formula is C36H54F2N6O11. The first-order valence-electron chi connectivity index (χ1n) is 17.5. The second-order valence-corrected chi connectivity index (χ2v) is 14.5. The molecule has 308 valence electrons. The van der Waals surface area contributed by atoms with Crippen LogP contribution in [0.25, 0.3) is 0 Å². The Morgan fingerprint density at radius 1 is 0.673 bits per heavy atom. The van der Waals surface area contributed by atoms with Gasteiger partial charge in [-0.1, -0.05) is 58.0 Å². The monoisotopic (exact) mass is 784 g/mol. The highest BCUT2D eigenvalue weighted by atomic mass is 19.3. The van der Waals surface area contributed by atoms with Crippen molar-refractivity contribution < 1.29 is 61.7 Å². The Morgan fingerprint density at radius 3 is 1.65 bits per heavy atom. The molecule has 1 aromatic carbocycles. The SMILES string of the molecule is COC(=O)[C@@H](NC(=O)[C@@H](NC(=O)C(F)(F)C(=O)C(Cc1ccccc1)NC(=O)[C@H](C)NC(=O)[C@H](C)NC(=O)[C@H](CO)NC(=O)OC(C)(C)C)C(C)C)C(C)C. The molecule has 1 aromatic rings. The topological polar surface area (TPSA) is 247 Å².